The van der Waals surface area contributed by atoms with Crippen LogP contribution in [-0.2, 0) is 6.54 Å². The Bertz CT molecular complexity index is 1060. The highest BCUT2D eigenvalue weighted by Crippen LogP contribution is 2.24. The molecule has 4 rings (SSSR count). The molecule has 2 aromatic carbocycles. The van der Waals surface area contributed by atoms with Crippen molar-refractivity contribution in [1.29, 1.82) is 0 Å². The number of thiazole rings is 1. The zero-order chi connectivity index (χ0) is 17.9. The summed E-state index contributed by atoms with van der Waals surface area (Å²) in [6, 6.07) is 15.4. The molecule has 6 heteroatoms. The van der Waals surface area contributed by atoms with E-state index in [2.05, 4.69) is 15.0 Å². The molecule has 0 aliphatic rings. The predicted molar refractivity (Wildman–Crippen MR) is 103 cm³/mol. The van der Waals surface area contributed by atoms with Crippen LogP contribution >= 0.6 is 11.3 Å². The minimum atomic E-state index is -0.0631. The first-order valence-electron chi connectivity index (χ1n) is 8.17. The third-order valence-electron chi connectivity index (χ3n) is 4.03. The number of rotatable bonds is 4. The van der Waals surface area contributed by atoms with E-state index in [-0.39, 0.29) is 5.91 Å². The Morgan fingerprint density at radius 1 is 1.04 bits per heavy atom. The number of nitrogens with zero attached hydrogens (tertiary/aromatic N) is 4. The van der Waals surface area contributed by atoms with Gasteiger partial charge in [-0.25, -0.2) is 4.98 Å². The lowest BCUT2D eigenvalue weighted by Gasteiger charge is -2.16. The molecule has 0 saturated carbocycles. The minimum absolute atomic E-state index is 0.0631. The van der Waals surface area contributed by atoms with Gasteiger partial charge < -0.3 is 4.90 Å². The van der Waals surface area contributed by atoms with Gasteiger partial charge in [0.25, 0.3) is 5.91 Å². The standard InChI is InChI=1S/C20H16N4OS/c1-24(12-16-13-26-19(23-16)14-5-3-2-4-6-14)20(25)15-7-8-17-18(11-15)22-10-9-21-17/h2-11,13H,12H2,1H3. The Kier molecular flexibility index (Phi) is 4.41. The monoisotopic (exact) mass is 360 g/mol. The van der Waals surface area contributed by atoms with Gasteiger partial charge in [0.2, 0.25) is 0 Å². The zero-order valence-electron chi connectivity index (χ0n) is 14.2. The molecule has 0 N–H and O–H groups in total. The fraction of sp³-hybridized carbons (Fsp3) is 0.100. The molecule has 2 aromatic heterocycles. The van der Waals surface area contributed by atoms with Crippen molar-refractivity contribution < 1.29 is 4.79 Å². The van der Waals surface area contributed by atoms with E-state index in [0.29, 0.717) is 17.6 Å². The highest BCUT2D eigenvalue weighted by Gasteiger charge is 2.15. The number of hydrogen-bond acceptors (Lipinski definition) is 5. The molecular formula is C20H16N4OS. The van der Waals surface area contributed by atoms with Crippen LogP contribution in [0.2, 0.25) is 0 Å². The van der Waals surface area contributed by atoms with Gasteiger partial charge in [-0.1, -0.05) is 30.3 Å². The largest absolute Gasteiger partial charge is 0.336 e. The molecule has 1 amide bonds. The molecule has 26 heavy (non-hydrogen) atoms. The van der Waals surface area contributed by atoms with Crippen molar-refractivity contribution in [2.75, 3.05) is 7.05 Å². The average molecular weight is 360 g/mol. The maximum Gasteiger partial charge on any atom is 0.254 e. The number of carbonyl (C=O) groups excluding carboxylic acids is 1. The summed E-state index contributed by atoms with van der Waals surface area (Å²) in [4.78, 5) is 27.5. The van der Waals surface area contributed by atoms with Crippen LogP contribution in [0.5, 0.6) is 0 Å². The third-order valence-corrected chi connectivity index (χ3v) is 4.97. The van der Waals surface area contributed by atoms with Crippen molar-refractivity contribution in [3.8, 4) is 10.6 Å². The Morgan fingerprint density at radius 2 is 1.81 bits per heavy atom. The second-order valence-corrected chi connectivity index (χ2v) is 6.79. The first kappa shape index (κ1) is 16.4. The van der Waals surface area contributed by atoms with Gasteiger partial charge >= 0.3 is 0 Å². The summed E-state index contributed by atoms with van der Waals surface area (Å²) in [5, 5.41) is 2.96. The summed E-state index contributed by atoms with van der Waals surface area (Å²) in [6.07, 6.45) is 3.27. The van der Waals surface area contributed by atoms with Gasteiger partial charge in [-0.2, -0.15) is 0 Å². The molecule has 0 spiro atoms. The molecule has 0 aliphatic heterocycles. The predicted octanol–water partition coefficient (Wildman–Crippen LogP) is 4.03. The minimum Gasteiger partial charge on any atom is -0.336 e. The van der Waals surface area contributed by atoms with Crippen LogP contribution in [0.3, 0.4) is 0 Å². The molecule has 0 atom stereocenters. The number of aromatic nitrogens is 3. The molecule has 0 radical (unpaired) electrons. The average Bonchev–Trinajstić information content (AvgIpc) is 3.16. The maximum absolute atomic E-state index is 12.7. The fourth-order valence-corrected chi connectivity index (χ4v) is 3.54. The van der Waals surface area contributed by atoms with Gasteiger partial charge in [-0.05, 0) is 18.2 Å². The Morgan fingerprint density at radius 3 is 2.62 bits per heavy atom. The van der Waals surface area contributed by atoms with Crippen LogP contribution < -0.4 is 0 Å². The van der Waals surface area contributed by atoms with Gasteiger partial charge in [0.05, 0.1) is 23.3 Å². The van der Waals surface area contributed by atoms with E-state index < -0.39 is 0 Å². The van der Waals surface area contributed by atoms with Crippen molar-refractivity contribution in [2.24, 2.45) is 0 Å². The summed E-state index contributed by atoms with van der Waals surface area (Å²) in [7, 11) is 1.78. The van der Waals surface area contributed by atoms with Crippen molar-refractivity contribution in [1.82, 2.24) is 19.9 Å². The molecule has 0 aliphatic carbocycles. The van der Waals surface area contributed by atoms with Crippen molar-refractivity contribution in [3.05, 3.63) is 77.6 Å². The van der Waals surface area contributed by atoms with Crippen molar-refractivity contribution >= 4 is 28.3 Å². The quantitative estimate of drug-likeness (QED) is 0.551. The van der Waals surface area contributed by atoms with E-state index >= 15 is 0 Å². The first-order chi connectivity index (χ1) is 12.7. The highest BCUT2D eigenvalue weighted by molar-refractivity contribution is 7.13. The second-order valence-electron chi connectivity index (χ2n) is 5.93. The lowest BCUT2D eigenvalue weighted by Crippen LogP contribution is -2.26. The molecule has 4 aromatic rings. The van der Waals surface area contributed by atoms with Crippen molar-refractivity contribution in [3.63, 3.8) is 0 Å². The second kappa shape index (κ2) is 7.01. The molecule has 0 unspecified atom stereocenters. The van der Waals surface area contributed by atoms with Crippen molar-refractivity contribution in [2.45, 2.75) is 6.54 Å². The van der Waals surface area contributed by atoms with E-state index in [1.54, 1.807) is 47.8 Å². The molecule has 128 valence electrons. The first-order valence-corrected chi connectivity index (χ1v) is 9.05. The summed E-state index contributed by atoms with van der Waals surface area (Å²) < 4.78 is 0. The van der Waals surface area contributed by atoms with E-state index in [0.717, 1.165) is 21.8 Å². The van der Waals surface area contributed by atoms with E-state index in [1.807, 2.05) is 41.8 Å². The number of fused-ring (bicyclic) bond motifs is 1. The van der Waals surface area contributed by atoms with Crippen LogP contribution in [0.25, 0.3) is 21.6 Å². The molecular weight excluding hydrogens is 344 g/mol. The van der Waals surface area contributed by atoms with Crippen LogP contribution in [0.15, 0.2) is 66.3 Å². The molecule has 2 heterocycles. The number of benzene rings is 2. The van der Waals surface area contributed by atoms with E-state index in [4.69, 9.17) is 0 Å². The number of amides is 1. The van der Waals surface area contributed by atoms with Gasteiger partial charge in [-0.3, -0.25) is 14.8 Å². The Hall–Kier alpha value is -3.12. The summed E-state index contributed by atoms with van der Waals surface area (Å²) >= 11 is 1.59. The molecule has 0 fully saturated rings. The van der Waals surface area contributed by atoms with E-state index in [1.165, 1.54) is 0 Å². The zero-order valence-corrected chi connectivity index (χ0v) is 15.0. The maximum atomic E-state index is 12.7. The third kappa shape index (κ3) is 3.32. The summed E-state index contributed by atoms with van der Waals surface area (Å²) in [6.45, 7) is 0.459. The van der Waals surface area contributed by atoms with Crippen LogP contribution in [0.4, 0.5) is 0 Å². The van der Waals surface area contributed by atoms with Crippen LogP contribution in [-0.4, -0.2) is 32.8 Å². The number of carbonyl (C=O) groups is 1. The molecule has 5 nitrogen and oxygen atoms in total. The molecule has 0 saturated heterocycles. The summed E-state index contributed by atoms with van der Waals surface area (Å²) in [5.41, 5.74) is 4.06. The Labute approximate surface area is 155 Å². The lowest BCUT2D eigenvalue weighted by atomic mass is 10.1. The normalized spacial score (nSPS) is 10.8. The lowest BCUT2D eigenvalue weighted by molar-refractivity contribution is 0.0784. The Balaban J connectivity index is 1.51. The van der Waals surface area contributed by atoms with Gasteiger partial charge in [0, 0.05) is 35.9 Å². The van der Waals surface area contributed by atoms with Crippen LogP contribution in [0.1, 0.15) is 16.1 Å². The SMILES string of the molecule is CN(Cc1csc(-c2ccccc2)n1)C(=O)c1ccc2nccnc2c1. The molecule has 0 bridgehead atoms. The highest BCUT2D eigenvalue weighted by atomic mass is 32.1. The summed E-state index contributed by atoms with van der Waals surface area (Å²) in [5.74, 6) is -0.0631. The van der Waals surface area contributed by atoms with Gasteiger partial charge in [0.1, 0.15) is 5.01 Å². The van der Waals surface area contributed by atoms with Crippen LogP contribution in [0, 0.1) is 0 Å². The fourth-order valence-electron chi connectivity index (χ4n) is 2.72. The van der Waals surface area contributed by atoms with E-state index in [9.17, 15) is 4.79 Å². The van der Waals surface area contributed by atoms with Gasteiger partial charge in [0.15, 0.2) is 0 Å². The topological polar surface area (TPSA) is 59.0 Å². The smallest absolute Gasteiger partial charge is 0.254 e. The number of hydrogen-bond donors (Lipinski definition) is 0. The van der Waals surface area contributed by atoms with Gasteiger partial charge in [-0.15, -0.1) is 11.3 Å².